The van der Waals surface area contributed by atoms with E-state index in [1.54, 1.807) is 6.07 Å². The third-order valence-electron chi connectivity index (χ3n) is 2.75. The Labute approximate surface area is 78.0 Å². The maximum Gasteiger partial charge on any atom is 0.126 e. The lowest BCUT2D eigenvalue weighted by molar-refractivity contribution is 0.595. The van der Waals surface area contributed by atoms with Gasteiger partial charge < -0.3 is 5.32 Å². The summed E-state index contributed by atoms with van der Waals surface area (Å²) in [6.45, 7) is 2.91. The van der Waals surface area contributed by atoms with Crippen molar-refractivity contribution < 1.29 is 4.39 Å². The third kappa shape index (κ3) is 1.59. The van der Waals surface area contributed by atoms with Crippen LogP contribution >= 0.6 is 0 Å². The van der Waals surface area contributed by atoms with Crippen molar-refractivity contribution >= 4 is 0 Å². The van der Waals surface area contributed by atoms with E-state index in [2.05, 4.69) is 5.32 Å². The maximum atomic E-state index is 13.2. The second-order valence-corrected chi connectivity index (χ2v) is 3.60. The highest BCUT2D eigenvalue weighted by Crippen LogP contribution is 2.26. The molecular formula is C11H14FN. The van der Waals surface area contributed by atoms with Gasteiger partial charge in [0.15, 0.2) is 0 Å². The summed E-state index contributed by atoms with van der Waals surface area (Å²) in [6.07, 6.45) is 2.32. The van der Waals surface area contributed by atoms with Crippen LogP contribution in [0.2, 0.25) is 0 Å². The van der Waals surface area contributed by atoms with Gasteiger partial charge in [-0.3, -0.25) is 0 Å². The Morgan fingerprint density at radius 1 is 1.46 bits per heavy atom. The summed E-state index contributed by atoms with van der Waals surface area (Å²) in [5.41, 5.74) is 1.92. The molecule has 0 spiro atoms. The van der Waals surface area contributed by atoms with Gasteiger partial charge in [-0.15, -0.1) is 0 Å². The zero-order chi connectivity index (χ0) is 9.26. The summed E-state index contributed by atoms with van der Waals surface area (Å²) < 4.78 is 13.2. The molecule has 1 fully saturated rings. The van der Waals surface area contributed by atoms with Gasteiger partial charge >= 0.3 is 0 Å². The van der Waals surface area contributed by atoms with Gasteiger partial charge in [0.25, 0.3) is 0 Å². The highest BCUT2D eigenvalue weighted by atomic mass is 19.1. The van der Waals surface area contributed by atoms with E-state index in [1.165, 1.54) is 12.5 Å². The lowest BCUT2D eigenvalue weighted by Gasteiger charge is -2.13. The molecule has 2 heteroatoms. The van der Waals surface area contributed by atoms with Crippen molar-refractivity contribution in [2.75, 3.05) is 6.54 Å². The maximum absolute atomic E-state index is 13.2. The average molecular weight is 179 g/mol. The van der Waals surface area contributed by atoms with Crippen LogP contribution in [-0.4, -0.2) is 6.54 Å². The lowest BCUT2D eigenvalue weighted by Crippen LogP contribution is -2.14. The summed E-state index contributed by atoms with van der Waals surface area (Å²) in [7, 11) is 0. The van der Waals surface area contributed by atoms with Gasteiger partial charge in [0, 0.05) is 6.04 Å². The molecule has 1 saturated heterocycles. The van der Waals surface area contributed by atoms with Gasteiger partial charge in [-0.1, -0.05) is 12.1 Å². The molecule has 1 aromatic rings. The number of halogens is 1. The molecule has 1 nitrogen and oxygen atoms in total. The molecule has 2 rings (SSSR count). The first-order valence-electron chi connectivity index (χ1n) is 4.77. The Balaban J connectivity index is 2.33. The summed E-state index contributed by atoms with van der Waals surface area (Å²) >= 11 is 0. The van der Waals surface area contributed by atoms with Crippen LogP contribution in [0, 0.1) is 12.7 Å². The number of hydrogen-bond acceptors (Lipinski definition) is 1. The Kier molecular flexibility index (Phi) is 2.32. The van der Waals surface area contributed by atoms with Crippen LogP contribution in [0.1, 0.15) is 30.0 Å². The SMILES string of the molecule is Cc1c(F)cccc1[C@@H]1CCCN1. The topological polar surface area (TPSA) is 12.0 Å². The minimum Gasteiger partial charge on any atom is -0.310 e. The molecule has 1 aliphatic heterocycles. The van der Waals surface area contributed by atoms with E-state index in [1.807, 2.05) is 13.0 Å². The molecule has 0 bridgehead atoms. The van der Waals surface area contributed by atoms with Crippen molar-refractivity contribution in [1.82, 2.24) is 5.32 Å². The molecule has 1 aromatic carbocycles. The van der Waals surface area contributed by atoms with E-state index in [0.717, 1.165) is 24.1 Å². The largest absolute Gasteiger partial charge is 0.310 e. The standard InChI is InChI=1S/C11H14FN/c1-8-9(4-2-5-10(8)12)11-6-3-7-13-11/h2,4-5,11,13H,3,6-7H2,1H3/t11-/m0/s1. The monoisotopic (exact) mass is 179 g/mol. The fourth-order valence-electron chi connectivity index (χ4n) is 1.95. The average Bonchev–Trinajstić information content (AvgIpc) is 2.62. The van der Waals surface area contributed by atoms with E-state index in [-0.39, 0.29) is 5.82 Å². The smallest absolute Gasteiger partial charge is 0.126 e. The second kappa shape index (κ2) is 3.46. The van der Waals surface area contributed by atoms with Gasteiger partial charge in [-0.2, -0.15) is 0 Å². The lowest BCUT2D eigenvalue weighted by atomic mass is 10.00. The Morgan fingerprint density at radius 2 is 2.31 bits per heavy atom. The Hall–Kier alpha value is -0.890. The molecule has 70 valence electrons. The fourth-order valence-corrected chi connectivity index (χ4v) is 1.95. The first-order chi connectivity index (χ1) is 6.29. The van der Waals surface area contributed by atoms with Gasteiger partial charge in [0.2, 0.25) is 0 Å². The summed E-state index contributed by atoms with van der Waals surface area (Å²) in [4.78, 5) is 0. The predicted molar refractivity (Wildman–Crippen MR) is 51.1 cm³/mol. The van der Waals surface area contributed by atoms with Crippen LogP contribution in [-0.2, 0) is 0 Å². The van der Waals surface area contributed by atoms with Gasteiger partial charge in [0.05, 0.1) is 0 Å². The van der Waals surface area contributed by atoms with Crippen LogP contribution in [0.5, 0.6) is 0 Å². The molecular weight excluding hydrogens is 165 g/mol. The molecule has 1 heterocycles. The molecule has 1 N–H and O–H groups in total. The zero-order valence-electron chi connectivity index (χ0n) is 7.81. The zero-order valence-corrected chi connectivity index (χ0v) is 7.81. The molecule has 1 atom stereocenters. The van der Waals surface area contributed by atoms with Crippen LogP contribution < -0.4 is 5.32 Å². The highest BCUT2D eigenvalue weighted by molar-refractivity contribution is 5.30. The van der Waals surface area contributed by atoms with Crippen molar-refractivity contribution in [3.63, 3.8) is 0 Å². The molecule has 1 aliphatic rings. The van der Waals surface area contributed by atoms with E-state index < -0.39 is 0 Å². The number of rotatable bonds is 1. The van der Waals surface area contributed by atoms with Crippen molar-refractivity contribution in [3.05, 3.63) is 35.1 Å². The molecule has 0 radical (unpaired) electrons. The van der Waals surface area contributed by atoms with Crippen molar-refractivity contribution in [2.24, 2.45) is 0 Å². The predicted octanol–water partition coefficient (Wildman–Crippen LogP) is 2.56. The fraction of sp³-hybridized carbons (Fsp3) is 0.455. The van der Waals surface area contributed by atoms with Crippen molar-refractivity contribution in [3.8, 4) is 0 Å². The summed E-state index contributed by atoms with van der Waals surface area (Å²) in [6, 6.07) is 5.70. The van der Waals surface area contributed by atoms with Gasteiger partial charge in [-0.05, 0) is 43.5 Å². The van der Waals surface area contributed by atoms with Crippen LogP contribution in [0.25, 0.3) is 0 Å². The minimum atomic E-state index is -0.0915. The third-order valence-corrected chi connectivity index (χ3v) is 2.75. The second-order valence-electron chi connectivity index (χ2n) is 3.60. The van der Waals surface area contributed by atoms with E-state index in [4.69, 9.17) is 0 Å². The van der Waals surface area contributed by atoms with Crippen LogP contribution in [0.3, 0.4) is 0 Å². The van der Waals surface area contributed by atoms with Gasteiger partial charge in [0.1, 0.15) is 5.82 Å². The quantitative estimate of drug-likeness (QED) is 0.698. The van der Waals surface area contributed by atoms with Gasteiger partial charge in [-0.25, -0.2) is 4.39 Å². The molecule has 0 saturated carbocycles. The Bertz CT molecular complexity index is 303. The minimum absolute atomic E-state index is 0.0915. The van der Waals surface area contributed by atoms with E-state index in [0.29, 0.717) is 6.04 Å². The highest BCUT2D eigenvalue weighted by Gasteiger charge is 2.18. The van der Waals surface area contributed by atoms with E-state index in [9.17, 15) is 4.39 Å². The molecule has 0 amide bonds. The summed E-state index contributed by atoms with van der Waals surface area (Å²) in [5, 5.41) is 3.37. The normalized spacial score (nSPS) is 22.2. The Morgan fingerprint density at radius 3 is 3.00 bits per heavy atom. The molecule has 13 heavy (non-hydrogen) atoms. The summed E-state index contributed by atoms with van der Waals surface area (Å²) in [5.74, 6) is -0.0915. The number of hydrogen-bond donors (Lipinski definition) is 1. The van der Waals surface area contributed by atoms with E-state index >= 15 is 0 Å². The number of benzene rings is 1. The first kappa shape index (κ1) is 8.70. The number of nitrogens with one attached hydrogen (secondary N) is 1. The van der Waals surface area contributed by atoms with Crippen LogP contribution in [0.15, 0.2) is 18.2 Å². The molecule has 0 aliphatic carbocycles. The van der Waals surface area contributed by atoms with Crippen LogP contribution in [0.4, 0.5) is 4.39 Å². The molecule has 0 aromatic heterocycles. The molecule has 0 unspecified atom stereocenters. The first-order valence-corrected chi connectivity index (χ1v) is 4.77. The van der Waals surface area contributed by atoms with Crippen molar-refractivity contribution in [2.45, 2.75) is 25.8 Å². The van der Waals surface area contributed by atoms with Crippen molar-refractivity contribution in [1.29, 1.82) is 0 Å².